The highest BCUT2D eigenvalue weighted by Crippen LogP contribution is 2.30. The van der Waals surface area contributed by atoms with Crippen LogP contribution in [-0.2, 0) is 10.8 Å². The van der Waals surface area contributed by atoms with E-state index in [1.807, 2.05) is 12.1 Å². The quantitative estimate of drug-likeness (QED) is 0.914. The Hall–Kier alpha value is -1.39. The van der Waals surface area contributed by atoms with Gasteiger partial charge >= 0.3 is 0 Å². The lowest BCUT2D eigenvalue weighted by molar-refractivity contribution is 0.370. The van der Waals surface area contributed by atoms with E-state index < -0.39 is 10.8 Å². The van der Waals surface area contributed by atoms with E-state index >= 15 is 0 Å². The van der Waals surface area contributed by atoms with Gasteiger partial charge in [-0.15, -0.1) is 0 Å². The van der Waals surface area contributed by atoms with Crippen molar-refractivity contribution in [3.05, 3.63) is 36.0 Å². The second kappa shape index (κ2) is 4.94. The fourth-order valence-corrected chi connectivity index (χ4v) is 3.10. The van der Waals surface area contributed by atoms with Crippen molar-refractivity contribution in [2.24, 2.45) is 0 Å². The minimum atomic E-state index is -0.930. The first-order chi connectivity index (χ1) is 9.15. The zero-order valence-corrected chi connectivity index (χ0v) is 12.1. The number of benzene rings is 1. The van der Waals surface area contributed by atoms with Crippen molar-refractivity contribution >= 4 is 27.3 Å². The predicted molar refractivity (Wildman–Crippen MR) is 80.7 cm³/mol. The zero-order valence-electron chi connectivity index (χ0n) is 11.3. The van der Waals surface area contributed by atoms with E-state index in [1.165, 1.54) is 16.5 Å². The molecule has 3 nitrogen and oxygen atoms in total. The molecule has 19 heavy (non-hydrogen) atoms. The van der Waals surface area contributed by atoms with E-state index in [0.29, 0.717) is 0 Å². The van der Waals surface area contributed by atoms with E-state index in [-0.39, 0.29) is 0 Å². The Morgan fingerprint density at radius 3 is 2.89 bits per heavy atom. The summed E-state index contributed by atoms with van der Waals surface area (Å²) in [6.07, 6.45) is 7.16. The van der Waals surface area contributed by atoms with E-state index in [9.17, 15) is 4.21 Å². The number of rotatable bonds is 2. The predicted octanol–water partition coefficient (Wildman–Crippen LogP) is 2.62. The Bertz CT molecular complexity index is 672. The van der Waals surface area contributed by atoms with Crippen LogP contribution in [0.25, 0.3) is 16.5 Å². The molecule has 100 valence electrons. The molecule has 1 atom stereocenters. The van der Waals surface area contributed by atoms with E-state index in [2.05, 4.69) is 35.3 Å². The van der Waals surface area contributed by atoms with Gasteiger partial charge in [0.15, 0.2) is 0 Å². The van der Waals surface area contributed by atoms with Gasteiger partial charge in [-0.25, -0.2) is 0 Å². The second-order valence-corrected chi connectivity index (χ2v) is 6.49. The van der Waals surface area contributed by atoms with Gasteiger partial charge in [0.1, 0.15) is 0 Å². The average molecular weight is 274 g/mol. The number of hydrogen-bond acceptors (Lipinski definition) is 2. The van der Waals surface area contributed by atoms with Gasteiger partial charge in [0, 0.05) is 57.7 Å². The molecule has 0 unspecified atom stereocenters. The minimum Gasteiger partial charge on any atom is -0.361 e. The summed E-state index contributed by atoms with van der Waals surface area (Å²) >= 11 is 0. The zero-order chi connectivity index (χ0) is 13.4. The standard InChI is InChI=1S/C15H18N2OS/c1-17-7-5-11(6-8-17)14-10-16-15-4-3-12(19(2)18)9-13(14)15/h3-5,9-10,16H,6-8H2,1-2H3/t19-/m1/s1. The molecule has 1 aliphatic rings. The Labute approximate surface area is 115 Å². The first-order valence-electron chi connectivity index (χ1n) is 6.47. The monoisotopic (exact) mass is 274 g/mol. The summed E-state index contributed by atoms with van der Waals surface area (Å²) in [5.74, 6) is 0. The van der Waals surface area contributed by atoms with Gasteiger partial charge in [-0.05, 0) is 37.2 Å². The molecule has 0 fully saturated rings. The molecule has 0 amide bonds. The lowest BCUT2D eigenvalue weighted by Gasteiger charge is -2.21. The number of aromatic nitrogens is 1. The van der Waals surface area contributed by atoms with Gasteiger partial charge in [-0.2, -0.15) is 0 Å². The summed E-state index contributed by atoms with van der Waals surface area (Å²) < 4.78 is 11.6. The number of fused-ring (bicyclic) bond motifs is 1. The Morgan fingerprint density at radius 2 is 2.21 bits per heavy atom. The van der Waals surface area contributed by atoms with Gasteiger partial charge in [0.2, 0.25) is 0 Å². The molecule has 1 aromatic heterocycles. The molecular formula is C15H18N2OS. The van der Waals surface area contributed by atoms with Crippen LogP contribution in [0.1, 0.15) is 12.0 Å². The van der Waals surface area contributed by atoms with Crippen molar-refractivity contribution in [1.29, 1.82) is 0 Å². The summed E-state index contributed by atoms with van der Waals surface area (Å²) in [5.41, 5.74) is 3.77. The molecule has 0 bridgehead atoms. The van der Waals surface area contributed by atoms with Crippen LogP contribution in [0.4, 0.5) is 0 Å². The molecular weight excluding hydrogens is 256 g/mol. The van der Waals surface area contributed by atoms with Crippen LogP contribution >= 0.6 is 0 Å². The molecule has 0 aliphatic carbocycles. The van der Waals surface area contributed by atoms with Crippen LogP contribution in [0.2, 0.25) is 0 Å². The van der Waals surface area contributed by atoms with Crippen LogP contribution in [0, 0.1) is 0 Å². The highest BCUT2D eigenvalue weighted by atomic mass is 32.2. The van der Waals surface area contributed by atoms with E-state index in [4.69, 9.17) is 0 Å². The summed E-state index contributed by atoms with van der Waals surface area (Å²) in [7, 11) is 1.21. The number of likely N-dealkylation sites (N-methyl/N-ethyl adjacent to an activating group) is 1. The van der Waals surface area contributed by atoms with Crippen molar-refractivity contribution in [3.8, 4) is 0 Å². The number of H-pyrrole nitrogens is 1. The third-order valence-electron chi connectivity index (χ3n) is 3.74. The molecule has 1 N–H and O–H groups in total. The van der Waals surface area contributed by atoms with Crippen LogP contribution in [0.15, 0.2) is 35.4 Å². The molecule has 0 radical (unpaired) electrons. The van der Waals surface area contributed by atoms with Crippen LogP contribution in [-0.4, -0.2) is 40.5 Å². The molecule has 0 saturated carbocycles. The molecule has 0 saturated heterocycles. The fourth-order valence-electron chi connectivity index (χ4n) is 2.56. The van der Waals surface area contributed by atoms with Crippen LogP contribution < -0.4 is 0 Å². The van der Waals surface area contributed by atoms with Crippen molar-refractivity contribution in [2.45, 2.75) is 11.3 Å². The summed E-state index contributed by atoms with van der Waals surface area (Å²) in [6.45, 7) is 2.10. The van der Waals surface area contributed by atoms with Crippen molar-refractivity contribution in [3.63, 3.8) is 0 Å². The Balaban J connectivity index is 2.09. The van der Waals surface area contributed by atoms with Gasteiger partial charge in [0.25, 0.3) is 0 Å². The van der Waals surface area contributed by atoms with E-state index in [1.54, 1.807) is 6.26 Å². The maximum absolute atomic E-state index is 11.6. The lowest BCUT2D eigenvalue weighted by atomic mass is 9.99. The molecule has 1 aliphatic heterocycles. The number of nitrogens with zero attached hydrogens (tertiary/aromatic N) is 1. The van der Waals surface area contributed by atoms with Crippen molar-refractivity contribution < 1.29 is 4.21 Å². The molecule has 0 spiro atoms. The smallest absolute Gasteiger partial charge is 0.0498 e. The molecule has 4 heteroatoms. The third kappa shape index (κ3) is 2.38. The fraction of sp³-hybridized carbons (Fsp3) is 0.333. The largest absolute Gasteiger partial charge is 0.361 e. The van der Waals surface area contributed by atoms with Gasteiger partial charge in [-0.1, -0.05) is 6.08 Å². The SMILES string of the molecule is CN1CC=C(c2c[nH]c3ccc([S@@](C)=O)cc23)CC1. The molecule has 2 aromatic rings. The normalized spacial score (nSPS) is 18.5. The third-order valence-corrected chi connectivity index (χ3v) is 4.66. The average Bonchev–Trinajstić information content (AvgIpc) is 2.82. The second-order valence-electron chi connectivity index (χ2n) is 5.11. The Kier molecular flexibility index (Phi) is 3.29. The van der Waals surface area contributed by atoms with Gasteiger partial charge in [0.05, 0.1) is 0 Å². The maximum Gasteiger partial charge on any atom is 0.0498 e. The highest BCUT2D eigenvalue weighted by Gasteiger charge is 2.14. The number of aromatic amines is 1. The van der Waals surface area contributed by atoms with Gasteiger partial charge < -0.3 is 9.88 Å². The van der Waals surface area contributed by atoms with Gasteiger partial charge in [-0.3, -0.25) is 4.21 Å². The molecule has 3 rings (SSSR count). The first-order valence-corrected chi connectivity index (χ1v) is 8.03. The summed E-state index contributed by atoms with van der Waals surface area (Å²) in [4.78, 5) is 6.51. The summed E-state index contributed by atoms with van der Waals surface area (Å²) in [5, 5.41) is 1.18. The minimum absolute atomic E-state index is 0.891. The molecule has 2 heterocycles. The number of nitrogens with one attached hydrogen (secondary N) is 1. The number of hydrogen-bond donors (Lipinski definition) is 1. The lowest BCUT2D eigenvalue weighted by Crippen LogP contribution is -2.23. The topological polar surface area (TPSA) is 36.1 Å². The Morgan fingerprint density at radius 1 is 1.37 bits per heavy atom. The van der Waals surface area contributed by atoms with Crippen LogP contribution in [0.5, 0.6) is 0 Å². The summed E-state index contributed by atoms with van der Waals surface area (Å²) in [6, 6.07) is 6.00. The maximum atomic E-state index is 11.6. The first kappa shape index (κ1) is 12.6. The van der Waals surface area contributed by atoms with Crippen LogP contribution in [0.3, 0.4) is 0 Å². The molecule has 1 aromatic carbocycles. The van der Waals surface area contributed by atoms with Crippen molar-refractivity contribution in [1.82, 2.24) is 9.88 Å². The van der Waals surface area contributed by atoms with Crippen molar-refractivity contribution in [2.75, 3.05) is 26.4 Å². The van der Waals surface area contributed by atoms with E-state index in [0.717, 1.165) is 29.9 Å². The highest BCUT2D eigenvalue weighted by molar-refractivity contribution is 7.84.